The first-order valence-corrected chi connectivity index (χ1v) is 6.12. The third-order valence-corrected chi connectivity index (χ3v) is 3.57. The zero-order valence-electron chi connectivity index (χ0n) is 10.5. The highest BCUT2D eigenvalue weighted by Gasteiger charge is 2.41. The van der Waals surface area contributed by atoms with E-state index in [1.165, 1.54) is 18.9 Å². The molecule has 1 fully saturated rings. The number of halogens is 1. The van der Waals surface area contributed by atoms with Crippen molar-refractivity contribution in [3.05, 3.63) is 29.6 Å². The molecule has 1 aromatic carbocycles. The van der Waals surface area contributed by atoms with Crippen LogP contribution >= 0.6 is 0 Å². The zero-order valence-corrected chi connectivity index (χ0v) is 10.5. The summed E-state index contributed by atoms with van der Waals surface area (Å²) in [5, 5.41) is 12.1. The van der Waals surface area contributed by atoms with Gasteiger partial charge in [0.25, 0.3) is 0 Å². The van der Waals surface area contributed by atoms with E-state index in [1.54, 1.807) is 19.2 Å². The van der Waals surface area contributed by atoms with Crippen LogP contribution in [0.1, 0.15) is 24.8 Å². The van der Waals surface area contributed by atoms with E-state index >= 15 is 0 Å². The molecule has 1 saturated carbocycles. The summed E-state index contributed by atoms with van der Waals surface area (Å²) in [7, 11) is 1.70. The van der Waals surface area contributed by atoms with E-state index < -0.39 is 5.82 Å². The van der Waals surface area contributed by atoms with Gasteiger partial charge in [-0.2, -0.15) is 5.26 Å². The van der Waals surface area contributed by atoms with Gasteiger partial charge in [-0.05, 0) is 36.8 Å². The van der Waals surface area contributed by atoms with Gasteiger partial charge in [0.05, 0.1) is 5.69 Å². The molecule has 0 unspecified atom stereocenters. The fraction of sp³-hybridized carbons (Fsp3) is 0.500. The predicted molar refractivity (Wildman–Crippen MR) is 67.8 cm³/mol. The summed E-state index contributed by atoms with van der Waals surface area (Å²) in [5.41, 5.74) is 0.955. The molecule has 0 spiro atoms. The van der Waals surface area contributed by atoms with Crippen LogP contribution in [0.2, 0.25) is 0 Å². The lowest BCUT2D eigenvalue weighted by Gasteiger charge is -2.17. The summed E-state index contributed by atoms with van der Waals surface area (Å²) in [5.74, 6) is -0.468. The Morgan fingerprint density at radius 1 is 1.50 bits per heavy atom. The van der Waals surface area contributed by atoms with Crippen LogP contribution in [-0.2, 0) is 4.74 Å². The summed E-state index contributed by atoms with van der Waals surface area (Å²) in [6.45, 7) is 1.52. The molecule has 2 rings (SSSR count). The van der Waals surface area contributed by atoms with Gasteiger partial charge in [0.15, 0.2) is 0 Å². The number of nitrogens with one attached hydrogen (secondary N) is 1. The van der Waals surface area contributed by atoms with Gasteiger partial charge in [0.2, 0.25) is 0 Å². The van der Waals surface area contributed by atoms with Gasteiger partial charge < -0.3 is 10.1 Å². The molecule has 96 valence electrons. The Kier molecular flexibility index (Phi) is 3.83. The number of ether oxygens (including phenoxy) is 1. The molecule has 1 N–H and O–H groups in total. The van der Waals surface area contributed by atoms with Crippen molar-refractivity contribution in [3.63, 3.8) is 0 Å². The second kappa shape index (κ2) is 5.36. The third kappa shape index (κ3) is 2.80. The van der Waals surface area contributed by atoms with Crippen LogP contribution in [-0.4, -0.2) is 20.3 Å². The third-order valence-electron chi connectivity index (χ3n) is 3.57. The SMILES string of the molecule is COCCC1(CNc2cccc(F)c2C#N)CC1. The number of benzene rings is 1. The van der Waals surface area contributed by atoms with E-state index in [2.05, 4.69) is 5.32 Å². The summed E-state index contributed by atoms with van der Waals surface area (Å²) < 4.78 is 18.5. The number of methoxy groups -OCH3 is 1. The maximum atomic E-state index is 13.4. The van der Waals surface area contributed by atoms with Crippen molar-refractivity contribution < 1.29 is 9.13 Å². The van der Waals surface area contributed by atoms with Gasteiger partial charge in [0.1, 0.15) is 17.4 Å². The highest BCUT2D eigenvalue weighted by molar-refractivity contribution is 5.58. The standard InChI is InChI=1S/C14H17FN2O/c1-18-8-7-14(5-6-14)10-17-13-4-2-3-12(15)11(13)9-16/h2-4,17H,5-8,10H2,1H3. The summed E-state index contributed by atoms with van der Waals surface area (Å²) in [4.78, 5) is 0. The Morgan fingerprint density at radius 3 is 2.89 bits per heavy atom. The summed E-state index contributed by atoms with van der Waals surface area (Å²) in [6.07, 6.45) is 3.34. The van der Waals surface area contributed by atoms with Gasteiger partial charge in [-0.3, -0.25) is 0 Å². The molecule has 0 heterocycles. The molecule has 0 amide bonds. The van der Waals surface area contributed by atoms with Crippen LogP contribution in [0.15, 0.2) is 18.2 Å². The lowest BCUT2D eigenvalue weighted by atomic mass is 10.0. The Bertz CT molecular complexity index is 463. The molecule has 0 radical (unpaired) electrons. The van der Waals surface area contributed by atoms with Gasteiger partial charge in [-0.25, -0.2) is 4.39 Å². The lowest BCUT2D eigenvalue weighted by molar-refractivity contribution is 0.175. The molecule has 1 aliphatic carbocycles. The Balaban J connectivity index is 1.99. The van der Waals surface area contributed by atoms with E-state index in [4.69, 9.17) is 10.00 Å². The smallest absolute Gasteiger partial charge is 0.143 e. The van der Waals surface area contributed by atoms with Crippen molar-refractivity contribution in [1.29, 1.82) is 5.26 Å². The van der Waals surface area contributed by atoms with Crippen molar-refractivity contribution in [2.24, 2.45) is 5.41 Å². The number of nitriles is 1. The summed E-state index contributed by atoms with van der Waals surface area (Å²) >= 11 is 0. The Labute approximate surface area is 107 Å². The maximum Gasteiger partial charge on any atom is 0.143 e. The highest BCUT2D eigenvalue weighted by atomic mass is 19.1. The molecule has 0 bridgehead atoms. The second-order valence-corrected chi connectivity index (χ2v) is 4.87. The number of hydrogen-bond donors (Lipinski definition) is 1. The second-order valence-electron chi connectivity index (χ2n) is 4.87. The summed E-state index contributed by atoms with van der Waals surface area (Å²) in [6, 6.07) is 6.57. The average molecular weight is 248 g/mol. The number of nitrogens with zero attached hydrogens (tertiary/aromatic N) is 1. The fourth-order valence-corrected chi connectivity index (χ4v) is 2.08. The molecule has 1 aliphatic rings. The number of anilines is 1. The van der Waals surface area contributed by atoms with E-state index in [1.807, 2.05) is 6.07 Å². The minimum absolute atomic E-state index is 0.0973. The minimum atomic E-state index is -0.468. The maximum absolute atomic E-state index is 13.4. The molecular formula is C14H17FN2O. The molecule has 4 heteroatoms. The molecule has 1 aromatic rings. The first kappa shape index (κ1) is 12.8. The predicted octanol–water partition coefficient (Wildman–Crippen LogP) is 2.93. The van der Waals surface area contributed by atoms with Crippen LogP contribution < -0.4 is 5.32 Å². The fourth-order valence-electron chi connectivity index (χ4n) is 2.08. The largest absolute Gasteiger partial charge is 0.385 e. The monoisotopic (exact) mass is 248 g/mol. The first-order chi connectivity index (χ1) is 8.71. The topological polar surface area (TPSA) is 45.0 Å². The van der Waals surface area contributed by atoms with Crippen LogP contribution in [0.3, 0.4) is 0 Å². The lowest BCUT2D eigenvalue weighted by Crippen LogP contribution is -2.18. The van der Waals surface area contributed by atoms with Gasteiger partial charge in [0, 0.05) is 20.3 Å². The van der Waals surface area contributed by atoms with E-state index in [0.29, 0.717) is 5.69 Å². The Hall–Kier alpha value is -1.60. The molecule has 3 nitrogen and oxygen atoms in total. The Morgan fingerprint density at radius 2 is 2.28 bits per heavy atom. The van der Waals surface area contributed by atoms with Crippen LogP contribution in [0.4, 0.5) is 10.1 Å². The normalized spacial score (nSPS) is 16.1. The molecule has 0 aliphatic heterocycles. The molecule has 0 saturated heterocycles. The van der Waals surface area contributed by atoms with E-state index in [0.717, 1.165) is 19.6 Å². The molecule has 18 heavy (non-hydrogen) atoms. The van der Waals surface area contributed by atoms with Crippen molar-refractivity contribution in [3.8, 4) is 6.07 Å². The zero-order chi connectivity index (χ0) is 13.0. The van der Waals surface area contributed by atoms with E-state index in [-0.39, 0.29) is 11.0 Å². The van der Waals surface area contributed by atoms with Crippen molar-refractivity contribution in [2.75, 3.05) is 25.6 Å². The van der Waals surface area contributed by atoms with Crippen molar-refractivity contribution in [2.45, 2.75) is 19.3 Å². The first-order valence-electron chi connectivity index (χ1n) is 6.12. The van der Waals surface area contributed by atoms with Crippen LogP contribution in [0, 0.1) is 22.6 Å². The minimum Gasteiger partial charge on any atom is -0.385 e. The van der Waals surface area contributed by atoms with E-state index in [9.17, 15) is 4.39 Å². The van der Waals surface area contributed by atoms with Gasteiger partial charge in [-0.15, -0.1) is 0 Å². The number of hydrogen-bond acceptors (Lipinski definition) is 3. The molecule has 0 atom stereocenters. The van der Waals surface area contributed by atoms with Gasteiger partial charge in [-0.1, -0.05) is 6.07 Å². The number of rotatable bonds is 6. The quantitative estimate of drug-likeness (QED) is 0.841. The van der Waals surface area contributed by atoms with Crippen LogP contribution in [0.25, 0.3) is 0 Å². The molecule has 0 aromatic heterocycles. The van der Waals surface area contributed by atoms with Gasteiger partial charge >= 0.3 is 0 Å². The van der Waals surface area contributed by atoms with Crippen molar-refractivity contribution in [1.82, 2.24) is 0 Å². The molecular weight excluding hydrogens is 231 g/mol. The van der Waals surface area contributed by atoms with Crippen LogP contribution in [0.5, 0.6) is 0 Å². The van der Waals surface area contributed by atoms with Crippen molar-refractivity contribution >= 4 is 5.69 Å². The average Bonchev–Trinajstić information content (AvgIpc) is 3.15. The highest BCUT2D eigenvalue weighted by Crippen LogP contribution is 2.48.